The van der Waals surface area contributed by atoms with Crippen LogP contribution in [0.1, 0.15) is 15.9 Å². The Hall–Kier alpha value is -2.45. The Labute approximate surface area is 120 Å². The number of hydrogen-bond acceptors (Lipinski definition) is 5. The van der Waals surface area contributed by atoms with Gasteiger partial charge in [0.1, 0.15) is 11.8 Å². The highest BCUT2D eigenvalue weighted by Crippen LogP contribution is 2.30. The molecule has 2 aromatic carbocycles. The van der Waals surface area contributed by atoms with Crippen molar-refractivity contribution in [2.75, 3.05) is 7.11 Å². The van der Waals surface area contributed by atoms with E-state index < -0.39 is 0 Å². The monoisotopic (exact) mass is 285 g/mol. The predicted molar refractivity (Wildman–Crippen MR) is 74.7 cm³/mol. The van der Waals surface area contributed by atoms with E-state index in [1.807, 2.05) is 6.07 Å². The average Bonchev–Trinajstić information content (AvgIpc) is 2.49. The van der Waals surface area contributed by atoms with Crippen LogP contribution < -0.4 is 0 Å². The van der Waals surface area contributed by atoms with E-state index in [0.717, 1.165) is 9.79 Å². The first-order valence-corrected chi connectivity index (χ1v) is 6.55. The number of carbonyl (C=O) groups excluding carboxylic acids is 1. The van der Waals surface area contributed by atoms with Crippen LogP contribution in [0.25, 0.3) is 0 Å². The SMILES string of the molecule is COC(=O)c1ccc(Sc2ccc(O)c(C#N)c2)cc1. The van der Waals surface area contributed by atoms with Crippen LogP contribution in [0.2, 0.25) is 0 Å². The fraction of sp³-hybridized carbons (Fsp3) is 0.0667. The zero-order chi connectivity index (χ0) is 14.5. The summed E-state index contributed by atoms with van der Waals surface area (Å²) >= 11 is 1.44. The smallest absolute Gasteiger partial charge is 0.337 e. The van der Waals surface area contributed by atoms with E-state index in [1.165, 1.54) is 24.9 Å². The van der Waals surface area contributed by atoms with Crippen LogP contribution in [-0.2, 0) is 4.74 Å². The molecule has 0 unspecified atom stereocenters. The van der Waals surface area contributed by atoms with Crippen molar-refractivity contribution in [3.63, 3.8) is 0 Å². The lowest BCUT2D eigenvalue weighted by molar-refractivity contribution is 0.0600. The lowest BCUT2D eigenvalue weighted by atomic mass is 10.2. The van der Waals surface area contributed by atoms with E-state index >= 15 is 0 Å². The van der Waals surface area contributed by atoms with Crippen molar-refractivity contribution in [3.8, 4) is 11.8 Å². The Morgan fingerprint density at radius 2 is 1.85 bits per heavy atom. The average molecular weight is 285 g/mol. The highest BCUT2D eigenvalue weighted by Gasteiger charge is 2.06. The van der Waals surface area contributed by atoms with Crippen molar-refractivity contribution < 1.29 is 14.6 Å². The van der Waals surface area contributed by atoms with Crippen molar-refractivity contribution in [3.05, 3.63) is 53.6 Å². The fourth-order valence-corrected chi connectivity index (χ4v) is 2.44. The van der Waals surface area contributed by atoms with E-state index in [9.17, 15) is 9.90 Å². The van der Waals surface area contributed by atoms with E-state index in [-0.39, 0.29) is 17.3 Å². The first-order chi connectivity index (χ1) is 9.63. The number of phenols is 1. The van der Waals surface area contributed by atoms with Gasteiger partial charge in [0, 0.05) is 9.79 Å². The van der Waals surface area contributed by atoms with Gasteiger partial charge in [0.05, 0.1) is 18.2 Å². The molecule has 0 aliphatic rings. The minimum Gasteiger partial charge on any atom is -0.507 e. The molecule has 20 heavy (non-hydrogen) atoms. The molecular weight excluding hydrogens is 274 g/mol. The van der Waals surface area contributed by atoms with Gasteiger partial charge >= 0.3 is 5.97 Å². The number of phenolic OH excluding ortho intramolecular Hbond substituents is 1. The topological polar surface area (TPSA) is 70.3 Å². The molecule has 0 saturated heterocycles. The van der Waals surface area contributed by atoms with Gasteiger partial charge in [-0.05, 0) is 42.5 Å². The molecular formula is C15H11NO3S. The molecule has 0 bridgehead atoms. The summed E-state index contributed by atoms with van der Waals surface area (Å²) in [5.74, 6) is -0.407. The molecule has 100 valence electrons. The largest absolute Gasteiger partial charge is 0.507 e. The summed E-state index contributed by atoms with van der Waals surface area (Å²) < 4.78 is 4.63. The molecule has 1 N–H and O–H groups in total. The number of methoxy groups -OCH3 is 1. The van der Waals surface area contributed by atoms with E-state index in [4.69, 9.17) is 5.26 Å². The van der Waals surface area contributed by atoms with Gasteiger partial charge in [0.25, 0.3) is 0 Å². The van der Waals surface area contributed by atoms with Crippen LogP contribution in [0.3, 0.4) is 0 Å². The van der Waals surface area contributed by atoms with Crippen LogP contribution in [0.5, 0.6) is 5.75 Å². The number of nitriles is 1. The minimum absolute atomic E-state index is 0.0297. The quantitative estimate of drug-likeness (QED) is 0.877. The number of nitrogens with zero attached hydrogens (tertiary/aromatic N) is 1. The Morgan fingerprint density at radius 3 is 2.45 bits per heavy atom. The minimum atomic E-state index is -0.377. The fourth-order valence-electron chi connectivity index (χ4n) is 1.58. The van der Waals surface area contributed by atoms with Gasteiger partial charge in [-0.15, -0.1) is 0 Å². The van der Waals surface area contributed by atoms with Crippen molar-refractivity contribution in [1.29, 1.82) is 5.26 Å². The summed E-state index contributed by atoms with van der Waals surface area (Å²) in [7, 11) is 1.34. The third-order valence-electron chi connectivity index (χ3n) is 2.60. The first-order valence-electron chi connectivity index (χ1n) is 5.73. The second-order valence-electron chi connectivity index (χ2n) is 3.91. The summed E-state index contributed by atoms with van der Waals surface area (Å²) in [6.45, 7) is 0. The molecule has 0 heterocycles. The van der Waals surface area contributed by atoms with Crippen LogP contribution in [0, 0.1) is 11.3 Å². The lowest BCUT2D eigenvalue weighted by Crippen LogP contribution is -2.00. The number of ether oxygens (including phenoxy) is 1. The van der Waals surface area contributed by atoms with Crippen molar-refractivity contribution >= 4 is 17.7 Å². The number of rotatable bonds is 3. The Balaban J connectivity index is 2.18. The second kappa shape index (κ2) is 6.13. The third-order valence-corrected chi connectivity index (χ3v) is 3.60. The van der Waals surface area contributed by atoms with E-state index in [0.29, 0.717) is 5.56 Å². The van der Waals surface area contributed by atoms with Gasteiger partial charge in [0.15, 0.2) is 0 Å². The highest BCUT2D eigenvalue weighted by molar-refractivity contribution is 7.99. The molecule has 0 radical (unpaired) electrons. The maximum Gasteiger partial charge on any atom is 0.337 e. The number of carbonyl (C=O) groups is 1. The van der Waals surface area contributed by atoms with E-state index in [2.05, 4.69) is 4.74 Å². The predicted octanol–water partition coefficient (Wildman–Crippen LogP) is 3.20. The summed E-state index contributed by atoms with van der Waals surface area (Å²) in [4.78, 5) is 13.1. The molecule has 0 aliphatic carbocycles. The molecule has 5 heteroatoms. The number of hydrogen-bond donors (Lipinski definition) is 1. The molecule has 0 aromatic heterocycles. The van der Waals surface area contributed by atoms with Crippen molar-refractivity contribution in [1.82, 2.24) is 0 Å². The van der Waals surface area contributed by atoms with Crippen LogP contribution >= 0.6 is 11.8 Å². The Bertz CT molecular complexity index is 675. The lowest BCUT2D eigenvalue weighted by Gasteiger charge is -2.04. The van der Waals surface area contributed by atoms with Crippen molar-refractivity contribution in [2.24, 2.45) is 0 Å². The molecule has 2 aromatic rings. The summed E-state index contributed by atoms with van der Waals surface area (Å²) in [5, 5.41) is 18.3. The standard InChI is InChI=1S/C15H11NO3S/c1-19-15(18)10-2-4-12(5-3-10)20-13-6-7-14(17)11(8-13)9-16/h2-8,17H,1H3. The summed E-state index contributed by atoms with van der Waals surface area (Å²) in [6, 6.07) is 13.7. The van der Waals surface area contributed by atoms with Crippen molar-refractivity contribution in [2.45, 2.75) is 9.79 Å². The first kappa shape index (κ1) is 14.0. The molecule has 0 saturated carbocycles. The molecule has 0 atom stereocenters. The van der Waals surface area contributed by atoms with E-state index in [1.54, 1.807) is 36.4 Å². The van der Waals surface area contributed by atoms with Gasteiger partial charge in [0.2, 0.25) is 0 Å². The number of benzene rings is 2. The summed E-state index contributed by atoms with van der Waals surface area (Å²) in [6.07, 6.45) is 0. The Kier molecular flexibility index (Phi) is 4.28. The van der Waals surface area contributed by atoms with Crippen LogP contribution in [-0.4, -0.2) is 18.2 Å². The maximum atomic E-state index is 11.3. The van der Waals surface area contributed by atoms with Gasteiger partial charge in [-0.1, -0.05) is 11.8 Å². The number of esters is 1. The molecule has 0 fully saturated rings. The van der Waals surface area contributed by atoms with Gasteiger partial charge in [-0.3, -0.25) is 0 Å². The maximum absolute atomic E-state index is 11.3. The van der Waals surface area contributed by atoms with Gasteiger partial charge < -0.3 is 9.84 Å². The summed E-state index contributed by atoms with van der Waals surface area (Å²) in [5.41, 5.74) is 0.724. The molecule has 2 rings (SSSR count). The molecule has 0 aliphatic heterocycles. The van der Waals surface area contributed by atoms with Crippen LogP contribution in [0.15, 0.2) is 52.3 Å². The number of aromatic hydroxyl groups is 1. The Morgan fingerprint density at radius 1 is 1.20 bits per heavy atom. The highest BCUT2D eigenvalue weighted by atomic mass is 32.2. The van der Waals surface area contributed by atoms with Gasteiger partial charge in [-0.25, -0.2) is 4.79 Å². The van der Waals surface area contributed by atoms with Crippen LogP contribution in [0.4, 0.5) is 0 Å². The third kappa shape index (κ3) is 3.11. The zero-order valence-electron chi connectivity index (χ0n) is 10.7. The molecule has 0 amide bonds. The zero-order valence-corrected chi connectivity index (χ0v) is 11.5. The molecule has 0 spiro atoms. The van der Waals surface area contributed by atoms with Gasteiger partial charge in [-0.2, -0.15) is 5.26 Å². The normalized spacial score (nSPS) is 9.80. The second-order valence-corrected chi connectivity index (χ2v) is 5.06. The molecule has 4 nitrogen and oxygen atoms in total.